The Morgan fingerprint density at radius 2 is 1.61 bits per heavy atom. The van der Waals surface area contributed by atoms with Crippen molar-refractivity contribution in [3.63, 3.8) is 0 Å². The average molecular weight is 268 g/mol. The third-order valence-corrected chi connectivity index (χ3v) is 1.89. The fourth-order valence-electron chi connectivity index (χ4n) is 0.854. The number of aliphatic hydroxyl groups is 5. The molecule has 7 N–H and O–H groups in total. The lowest BCUT2D eigenvalue weighted by Gasteiger charge is -2.22. The summed E-state index contributed by atoms with van der Waals surface area (Å²) in [5, 5.41) is 43.5. The Balaban J connectivity index is -0.000000321. The first-order chi connectivity index (χ1) is 7.95. The van der Waals surface area contributed by atoms with Gasteiger partial charge in [-0.25, -0.2) is 0 Å². The predicted octanol–water partition coefficient (Wildman–Crippen LogP) is -2.23. The molecule has 7 nitrogen and oxygen atoms in total. The van der Waals surface area contributed by atoms with E-state index in [1.807, 2.05) is 6.92 Å². The van der Waals surface area contributed by atoms with Crippen molar-refractivity contribution in [2.24, 2.45) is 0 Å². The molecule has 0 rings (SSSR count). The van der Waals surface area contributed by atoms with Gasteiger partial charge in [-0.1, -0.05) is 19.1 Å². The summed E-state index contributed by atoms with van der Waals surface area (Å²) >= 11 is 0. The lowest BCUT2D eigenvalue weighted by molar-refractivity contribution is -0.136. The Labute approximate surface area is 106 Å². The highest BCUT2D eigenvalue weighted by molar-refractivity contribution is 5.56. The molecule has 0 aliphatic carbocycles. The highest BCUT2D eigenvalue weighted by atomic mass is 16.4. The number of allylic oxidation sites excluding steroid dienone is 2. The maximum atomic E-state index is 9.90. The number of rotatable bonds is 6. The first kappa shape index (κ1) is 22.4. The van der Waals surface area contributed by atoms with Crippen LogP contribution in [0.1, 0.15) is 20.3 Å². The molecule has 0 radical (unpaired) electrons. The van der Waals surface area contributed by atoms with Gasteiger partial charge in [-0.2, -0.15) is 0 Å². The number of hydrogen-bond donors (Lipinski definition) is 5. The molecule has 0 aromatic carbocycles. The molecule has 7 heteroatoms. The molecule has 4 atom stereocenters. The van der Waals surface area contributed by atoms with Crippen molar-refractivity contribution in [3.8, 4) is 0 Å². The monoisotopic (exact) mass is 268 g/mol. The first-order valence-electron chi connectivity index (χ1n) is 5.35. The lowest BCUT2D eigenvalue weighted by atomic mass is 10.0. The second-order valence-electron chi connectivity index (χ2n) is 3.34. The van der Waals surface area contributed by atoms with Crippen molar-refractivity contribution in [2.45, 2.75) is 44.7 Å². The van der Waals surface area contributed by atoms with Gasteiger partial charge in [0.15, 0.2) is 6.29 Å². The van der Waals surface area contributed by atoms with Gasteiger partial charge < -0.3 is 35.8 Å². The van der Waals surface area contributed by atoms with Crippen LogP contribution in [0.25, 0.3) is 0 Å². The molecule has 0 fully saturated rings. The van der Waals surface area contributed by atoms with Crippen molar-refractivity contribution in [2.75, 3.05) is 6.61 Å². The van der Waals surface area contributed by atoms with Crippen molar-refractivity contribution in [1.29, 1.82) is 0 Å². The molecule has 0 heterocycles. The van der Waals surface area contributed by atoms with Crippen molar-refractivity contribution in [1.82, 2.24) is 0 Å². The molecule has 0 bridgehead atoms. The van der Waals surface area contributed by atoms with Crippen LogP contribution in [0.3, 0.4) is 0 Å². The molecule has 0 aliphatic rings. The minimum absolute atomic E-state index is 0. The van der Waals surface area contributed by atoms with Gasteiger partial charge in [0.1, 0.15) is 24.4 Å². The minimum atomic E-state index is -1.79. The summed E-state index contributed by atoms with van der Waals surface area (Å²) in [6.45, 7) is 3.40. The Hall–Kier alpha value is -0.830. The van der Waals surface area contributed by atoms with Gasteiger partial charge in [0.2, 0.25) is 0 Å². The number of carbonyl (C=O) groups is 1. The van der Waals surface area contributed by atoms with Crippen LogP contribution in [0.15, 0.2) is 12.2 Å². The van der Waals surface area contributed by atoms with Crippen LogP contribution in [0.4, 0.5) is 0 Å². The van der Waals surface area contributed by atoms with Crippen LogP contribution in [0.5, 0.6) is 0 Å². The van der Waals surface area contributed by atoms with Gasteiger partial charge in [-0.3, -0.25) is 0 Å². The van der Waals surface area contributed by atoms with Gasteiger partial charge in [-0.05, 0) is 13.3 Å². The van der Waals surface area contributed by atoms with Crippen LogP contribution in [-0.4, -0.2) is 68.3 Å². The number of hydrogen-bond acceptors (Lipinski definition) is 6. The predicted molar refractivity (Wildman–Crippen MR) is 65.9 cm³/mol. The van der Waals surface area contributed by atoms with E-state index >= 15 is 0 Å². The minimum Gasteiger partial charge on any atom is -0.412 e. The van der Waals surface area contributed by atoms with Gasteiger partial charge in [-0.15, -0.1) is 0 Å². The van der Waals surface area contributed by atoms with Gasteiger partial charge in [0, 0.05) is 0 Å². The number of aliphatic hydroxyl groups excluding tert-OH is 5. The average Bonchev–Trinajstić information content (AvgIpc) is 2.36. The fraction of sp³-hybridized carbons (Fsp3) is 0.727. The van der Waals surface area contributed by atoms with Crippen molar-refractivity contribution in [3.05, 3.63) is 12.2 Å². The summed E-state index contributed by atoms with van der Waals surface area (Å²) in [7, 11) is 0. The van der Waals surface area contributed by atoms with E-state index in [-0.39, 0.29) is 11.8 Å². The van der Waals surface area contributed by atoms with Crippen molar-refractivity contribution >= 4 is 6.29 Å². The van der Waals surface area contributed by atoms with Crippen LogP contribution in [0, 0.1) is 0 Å². The molecule has 0 aromatic rings. The third-order valence-electron chi connectivity index (χ3n) is 1.89. The molecule has 0 amide bonds. The highest BCUT2D eigenvalue weighted by Crippen LogP contribution is 2.02. The van der Waals surface area contributed by atoms with E-state index in [1.165, 1.54) is 0 Å². The molecular formula is C11H24O7. The van der Waals surface area contributed by atoms with Crippen LogP contribution in [0.2, 0.25) is 0 Å². The molecular weight excluding hydrogens is 244 g/mol. The second kappa shape index (κ2) is 14.2. The maximum Gasteiger partial charge on any atom is 0.151 e. The van der Waals surface area contributed by atoms with E-state index in [1.54, 1.807) is 0 Å². The Morgan fingerprint density at radius 3 is 1.83 bits per heavy atom. The number of aldehydes is 1. The van der Waals surface area contributed by atoms with Gasteiger partial charge >= 0.3 is 0 Å². The van der Waals surface area contributed by atoms with Crippen LogP contribution in [-0.2, 0) is 4.79 Å². The normalized spacial score (nSPS) is 16.8. The van der Waals surface area contributed by atoms with Gasteiger partial charge in [0.25, 0.3) is 0 Å². The summed E-state index contributed by atoms with van der Waals surface area (Å²) in [5.41, 5.74) is 0. The quantitative estimate of drug-likeness (QED) is 0.272. The molecule has 110 valence electrons. The summed E-state index contributed by atoms with van der Waals surface area (Å²) in [6, 6.07) is 0. The van der Waals surface area contributed by atoms with Gasteiger partial charge in [0.05, 0.1) is 6.61 Å². The van der Waals surface area contributed by atoms with Crippen molar-refractivity contribution < 1.29 is 35.8 Å². The van der Waals surface area contributed by atoms with E-state index in [0.717, 1.165) is 6.42 Å². The zero-order chi connectivity index (χ0) is 13.8. The molecule has 0 saturated carbocycles. The zero-order valence-corrected chi connectivity index (χ0v) is 10.6. The zero-order valence-electron chi connectivity index (χ0n) is 10.6. The molecule has 18 heavy (non-hydrogen) atoms. The third kappa shape index (κ3) is 10.3. The van der Waals surface area contributed by atoms with Crippen LogP contribution >= 0.6 is 0 Å². The number of carbonyl (C=O) groups excluding carboxylic acids is 1. The summed E-state index contributed by atoms with van der Waals surface area (Å²) in [5.74, 6) is 0. The largest absolute Gasteiger partial charge is 0.412 e. The first-order valence-corrected chi connectivity index (χ1v) is 5.35. The fourth-order valence-corrected chi connectivity index (χ4v) is 0.854. The van der Waals surface area contributed by atoms with E-state index in [0.29, 0.717) is 0 Å². The van der Waals surface area contributed by atoms with E-state index < -0.39 is 31.0 Å². The second-order valence-corrected chi connectivity index (χ2v) is 3.34. The highest BCUT2D eigenvalue weighted by Gasteiger charge is 2.29. The lowest BCUT2D eigenvalue weighted by Crippen LogP contribution is -2.46. The molecule has 0 aliphatic heterocycles. The van der Waals surface area contributed by atoms with E-state index in [9.17, 15) is 4.79 Å². The van der Waals surface area contributed by atoms with Crippen LogP contribution < -0.4 is 0 Å². The molecule has 0 unspecified atom stereocenters. The summed E-state index contributed by atoms with van der Waals surface area (Å²) < 4.78 is 0. The van der Waals surface area contributed by atoms with E-state index in [4.69, 9.17) is 25.5 Å². The SMILES string of the molecule is CC=CCC.O.O=C[C@H](O)[C@@H](O)[C@H](O)[C@H](O)CO. The maximum absolute atomic E-state index is 9.90. The molecule has 0 spiro atoms. The summed E-state index contributed by atoms with van der Waals surface area (Å²) in [4.78, 5) is 9.90. The molecule has 0 aromatic heterocycles. The Kier molecular flexibility index (Phi) is 17.7. The smallest absolute Gasteiger partial charge is 0.151 e. The van der Waals surface area contributed by atoms with E-state index in [2.05, 4.69) is 19.1 Å². The topological polar surface area (TPSA) is 150 Å². The standard InChI is InChI=1S/C6H12O6.C5H10.H2O/c7-1-3(9)5(11)6(12)4(10)2-8;1-3-5-4-2;/h1,3-6,8-12H,2H2;3,5H,4H2,1-2H3;1H2/t3-,4+,5+,6+;;/m0../s1. The Bertz CT molecular complexity index is 208. The molecule has 0 saturated heterocycles. The Morgan fingerprint density at radius 1 is 1.11 bits per heavy atom. The summed E-state index contributed by atoms with van der Waals surface area (Å²) in [6.07, 6.45) is -1.50.